The van der Waals surface area contributed by atoms with Crippen molar-refractivity contribution in [1.82, 2.24) is 0 Å². The van der Waals surface area contributed by atoms with Crippen LogP contribution in [-0.2, 0) is 9.84 Å². The molecule has 2 aromatic rings. The fourth-order valence-electron chi connectivity index (χ4n) is 1.90. The molecule has 0 radical (unpaired) electrons. The van der Waals surface area contributed by atoms with Crippen molar-refractivity contribution in [2.24, 2.45) is 0 Å². The zero-order valence-electron chi connectivity index (χ0n) is 12.6. The number of amides is 1. The maximum atomic E-state index is 12.1. The molecule has 8 nitrogen and oxygen atoms in total. The molecule has 0 aliphatic heterocycles. The maximum absolute atomic E-state index is 12.1. The summed E-state index contributed by atoms with van der Waals surface area (Å²) in [5.74, 6) is -1.04. The molecule has 0 spiro atoms. The van der Waals surface area contributed by atoms with Crippen molar-refractivity contribution in [3.63, 3.8) is 0 Å². The van der Waals surface area contributed by atoms with Gasteiger partial charge in [0.1, 0.15) is 5.75 Å². The third-order valence-corrected chi connectivity index (χ3v) is 5.03. The van der Waals surface area contributed by atoms with Crippen molar-refractivity contribution in [2.45, 2.75) is 11.8 Å². The van der Waals surface area contributed by atoms with Gasteiger partial charge in [0.15, 0.2) is 9.84 Å². The molecule has 0 saturated heterocycles. The summed E-state index contributed by atoms with van der Waals surface area (Å²) in [7, 11) is -3.49. The molecule has 0 aromatic heterocycles. The van der Waals surface area contributed by atoms with E-state index in [1.807, 2.05) is 0 Å². The monoisotopic (exact) mass is 350 g/mol. The fourth-order valence-corrected chi connectivity index (χ4v) is 2.81. The van der Waals surface area contributed by atoms with Crippen LogP contribution < -0.4 is 5.32 Å². The summed E-state index contributed by atoms with van der Waals surface area (Å²) >= 11 is 0. The number of phenols is 1. The molecule has 0 bridgehead atoms. The van der Waals surface area contributed by atoms with Crippen LogP contribution in [0.4, 0.5) is 11.4 Å². The van der Waals surface area contributed by atoms with E-state index in [1.54, 1.807) is 0 Å². The van der Waals surface area contributed by atoms with Crippen molar-refractivity contribution in [2.75, 3.05) is 11.1 Å². The van der Waals surface area contributed by atoms with E-state index >= 15 is 0 Å². The number of hydrogen-bond donors (Lipinski definition) is 2. The average molecular weight is 350 g/mol. The number of sulfone groups is 1. The van der Waals surface area contributed by atoms with Crippen molar-refractivity contribution in [3.8, 4) is 5.75 Å². The number of hydrogen-bond acceptors (Lipinski definition) is 6. The molecule has 0 saturated carbocycles. The first-order valence-electron chi connectivity index (χ1n) is 6.86. The number of nitrogens with one attached hydrogen (secondary N) is 1. The number of benzene rings is 2. The van der Waals surface area contributed by atoms with Crippen LogP contribution in [0.2, 0.25) is 0 Å². The van der Waals surface area contributed by atoms with Gasteiger partial charge in [0.05, 0.1) is 21.3 Å². The highest BCUT2D eigenvalue weighted by atomic mass is 32.2. The third-order valence-electron chi connectivity index (χ3n) is 3.30. The van der Waals surface area contributed by atoms with Crippen LogP contribution in [0.15, 0.2) is 47.4 Å². The van der Waals surface area contributed by atoms with Gasteiger partial charge in [-0.2, -0.15) is 0 Å². The highest BCUT2D eigenvalue weighted by molar-refractivity contribution is 7.91. The topological polar surface area (TPSA) is 127 Å². The van der Waals surface area contributed by atoms with Gasteiger partial charge in [0, 0.05) is 17.7 Å². The number of nitrogens with zero attached hydrogens (tertiary/aromatic N) is 1. The molecule has 24 heavy (non-hydrogen) atoms. The Balaban J connectivity index is 2.28. The Labute approximate surface area is 137 Å². The molecule has 0 atom stereocenters. The van der Waals surface area contributed by atoms with Crippen molar-refractivity contribution in [1.29, 1.82) is 0 Å². The number of anilines is 1. The SMILES string of the molecule is CCS(=O)(=O)c1ccc(O)c(NC(=O)c2ccc([N+](=O)[O-])cc2)c1. The van der Waals surface area contributed by atoms with Gasteiger partial charge in [-0.3, -0.25) is 14.9 Å². The quantitative estimate of drug-likeness (QED) is 0.484. The van der Waals surface area contributed by atoms with Gasteiger partial charge in [-0.15, -0.1) is 0 Å². The summed E-state index contributed by atoms with van der Waals surface area (Å²) < 4.78 is 23.7. The summed E-state index contributed by atoms with van der Waals surface area (Å²) in [6.45, 7) is 1.48. The van der Waals surface area contributed by atoms with Gasteiger partial charge in [-0.1, -0.05) is 6.92 Å². The average Bonchev–Trinajstić information content (AvgIpc) is 2.56. The van der Waals surface area contributed by atoms with Gasteiger partial charge >= 0.3 is 0 Å². The fraction of sp³-hybridized carbons (Fsp3) is 0.133. The minimum absolute atomic E-state index is 0.0261. The predicted molar refractivity (Wildman–Crippen MR) is 86.9 cm³/mol. The molecule has 1 amide bonds. The first-order chi connectivity index (χ1) is 11.2. The van der Waals surface area contributed by atoms with E-state index in [4.69, 9.17) is 0 Å². The van der Waals surface area contributed by atoms with E-state index in [2.05, 4.69) is 5.32 Å². The largest absolute Gasteiger partial charge is 0.506 e. The number of carbonyl (C=O) groups excluding carboxylic acids is 1. The summed E-state index contributed by atoms with van der Waals surface area (Å²) in [6.07, 6.45) is 0. The number of non-ortho nitro benzene ring substituents is 1. The Morgan fingerprint density at radius 2 is 1.83 bits per heavy atom. The van der Waals surface area contributed by atoms with E-state index in [1.165, 1.54) is 43.3 Å². The molecule has 2 aromatic carbocycles. The second-order valence-electron chi connectivity index (χ2n) is 4.84. The van der Waals surface area contributed by atoms with Crippen molar-refractivity contribution < 1.29 is 23.2 Å². The lowest BCUT2D eigenvalue weighted by Gasteiger charge is -2.09. The molecule has 0 heterocycles. The van der Waals surface area contributed by atoms with Crippen LogP contribution in [0.25, 0.3) is 0 Å². The summed E-state index contributed by atoms with van der Waals surface area (Å²) in [6, 6.07) is 8.45. The smallest absolute Gasteiger partial charge is 0.269 e. The lowest BCUT2D eigenvalue weighted by Crippen LogP contribution is -2.13. The number of nitro groups is 1. The van der Waals surface area contributed by atoms with Gasteiger partial charge < -0.3 is 10.4 Å². The molecule has 0 aliphatic carbocycles. The predicted octanol–water partition coefficient (Wildman–Crippen LogP) is 2.35. The highest BCUT2D eigenvalue weighted by Crippen LogP contribution is 2.27. The molecule has 2 N–H and O–H groups in total. The van der Waals surface area contributed by atoms with E-state index in [0.717, 1.165) is 6.07 Å². The number of aromatic hydroxyl groups is 1. The maximum Gasteiger partial charge on any atom is 0.269 e. The minimum Gasteiger partial charge on any atom is -0.506 e. The zero-order chi connectivity index (χ0) is 17.9. The first-order valence-corrected chi connectivity index (χ1v) is 8.51. The van der Waals surface area contributed by atoms with Gasteiger partial charge in [0.25, 0.3) is 11.6 Å². The summed E-state index contributed by atoms with van der Waals surface area (Å²) in [5.41, 5.74) is -0.0953. The Bertz CT molecular complexity index is 891. The molecule has 126 valence electrons. The van der Waals surface area contributed by atoms with Crippen LogP contribution in [0.5, 0.6) is 5.75 Å². The Morgan fingerprint density at radius 3 is 2.38 bits per heavy atom. The third kappa shape index (κ3) is 3.69. The lowest BCUT2D eigenvalue weighted by molar-refractivity contribution is -0.384. The summed E-state index contributed by atoms with van der Waals surface area (Å²) in [4.78, 5) is 22.1. The first kappa shape index (κ1) is 17.4. The number of phenolic OH excluding ortho intramolecular Hbond substituents is 1. The molecule has 0 fully saturated rings. The Kier molecular flexibility index (Phi) is 4.84. The van der Waals surface area contributed by atoms with Gasteiger partial charge in [0.2, 0.25) is 0 Å². The molecule has 0 unspecified atom stereocenters. The second-order valence-corrected chi connectivity index (χ2v) is 7.12. The molecular weight excluding hydrogens is 336 g/mol. The van der Waals surface area contributed by atoms with Crippen molar-refractivity contribution >= 4 is 27.1 Å². The van der Waals surface area contributed by atoms with Crippen LogP contribution >= 0.6 is 0 Å². The van der Waals surface area contributed by atoms with Gasteiger partial charge in [-0.05, 0) is 30.3 Å². The molecule has 9 heteroatoms. The van der Waals surface area contributed by atoms with Crippen LogP contribution in [0.3, 0.4) is 0 Å². The van der Waals surface area contributed by atoms with E-state index in [9.17, 15) is 28.4 Å². The molecule has 2 rings (SSSR count). The number of rotatable bonds is 5. The molecular formula is C15H14N2O6S. The lowest BCUT2D eigenvalue weighted by atomic mass is 10.2. The standard InChI is InChI=1S/C15H14N2O6S/c1-2-24(22,23)12-7-8-14(18)13(9-12)16-15(19)10-3-5-11(6-4-10)17(20)21/h3-9,18H,2H2,1H3,(H,16,19). The second kappa shape index (κ2) is 6.67. The highest BCUT2D eigenvalue weighted by Gasteiger charge is 2.16. The number of carbonyl (C=O) groups is 1. The Hall–Kier alpha value is -2.94. The van der Waals surface area contributed by atoms with Crippen molar-refractivity contribution in [3.05, 3.63) is 58.1 Å². The van der Waals surface area contributed by atoms with E-state index in [-0.39, 0.29) is 33.3 Å². The summed E-state index contributed by atoms with van der Waals surface area (Å²) in [5, 5.41) is 22.8. The normalized spacial score (nSPS) is 11.0. The van der Waals surface area contributed by atoms with Gasteiger partial charge in [-0.25, -0.2) is 8.42 Å². The van der Waals surface area contributed by atoms with Crippen LogP contribution in [0.1, 0.15) is 17.3 Å². The van der Waals surface area contributed by atoms with Crippen LogP contribution in [0, 0.1) is 10.1 Å². The Morgan fingerprint density at radius 1 is 1.21 bits per heavy atom. The minimum atomic E-state index is -3.49. The van der Waals surface area contributed by atoms with E-state index in [0.29, 0.717) is 0 Å². The molecule has 0 aliphatic rings. The zero-order valence-corrected chi connectivity index (χ0v) is 13.4. The number of nitro benzene ring substituents is 1. The van der Waals surface area contributed by atoms with Crippen LogP contribution in [-0.4, -0.2) is 30.1 Å². The van der Waals surface area contributed by atoms with E-state index < -0.39 is 20.7 Å².